The summed E-state index contributed by atoms with van der Waals surface area (Å²) in [7, 11) is 0. The van der Waals surface area contributed by atoms with E-state index in [4.69, 9.17) is 14.5 Å². The normalized spacial score (nSPS) is 38.5. The van der Waals surface area contributed by atoms with Crippen LogP contribution in [0.5, 0.6) is 11.5 Å². The van der Waals surface area contributed by atoms with Crippen molar-refractivity contribution in [3.05, 3.63) is 30.0 Å². The van der Waals surface area contributed by atoms with E-state index in [2.05, 4.69) is 6.07 Å². The zero-order chi connectivity index (χ0) is 19.9. The van der Waals surface area contributed by atoms with E-state index in [9.17, 15) is 4.79 Å². The summed E-state index contributed by atoms with van der Waals surface area (Å²) in [5.74, 6) is 5.25. The van der Waals surface area contributed by atoms with Gasteiger partial charge in [0.15, 0.2) is 11.5 Å². The fraction of sp³-hybridized carbons (Fsp3) is 0.615. The fourth-order valence-electron chi connectivity index (χ4n) is 7.59. The number of carbonyl (C=O) groups is 1. The third kappa shape index (κ3) is 2.58. The molecule has 1 aromatic carbocycles. The number of rotatable bonds is 3. The molecule has 1 aliphatic heterocycles. The van der Waals surface area contributed by atoms with Gasteiger partial charge in [-0.25, -0.2) is 0 Å². The maximum atomic E-state index is 13.8. The van der Waals surface area contributed by atoms with Crippen LogP contribution in [0.15, 0.2) is 24.4 Å². The monoisotopic (exact) mass is 403 g/mol. The molecule has 4 nitrogen and oxygen atoms in total. The second-order valence-electron chi connectivity index (χ2n) is 10.7. The lowest BCUT2D eigenvalue weighted by atomic mass is 9.66. The van der Waals surface area contributed by atoms with Crippen molar-refractivity contribution in [2.75, 3.05) is 13.2 Å². The van der Waals surface area contributed by atoms with Crippen molar-refractivity contribution < 1.29 is 14.3 Å². The molecule has 2 aromatic rings. The van der Waals surface area contributed by atoms with Crippen LogP contribution >= 0.6 is 0 Å². The minimum atomic E-state index is 0.0205. The standard InChI is InChI=1S/C26H29NO3/c28-25(26-11-15-2-1-3-16(12-26)18(6-15)13-26)21-9-20(21)19-7-17-8-23-24(30-5-4-29-23)10-22(17)27-14-19/h7-8,10,14-16,18,20-21H,1-6,9,11-13H2. The summed E-state index contributed by atoms with van der Waals surface area (Å²) >= 11 is 0. The van der Waals surface area contributed by atoms with Gasteiger partial charge in [-0.15, -0.1) is 0 Å². The molecule has 0 saturated heterocycles. The van der Waals surface area contributed by atoms with E-state index in [0.717, 1.165) is 46.6 Å². The van der Waals surface area contributed by atoms with Crippen molar-refractivity contribution in [3.8, 4) is 11.5 Å². The third-order valence-electron chi connectivity index (χ3n) is 8.92. The average Bonchev–Trinajstić information content (AvgIpc) is 3.52. The summed E-state index contributed by atoms with van der Waals surface area (Å²) in [4.78, 5) is 18.5. The van der Waals surface area contributed by atoms with Gasteiger partial charge in [-0.1, -0.05) is 19.3 Å². The summed E-state index contributed by atoms with van der Waals surface area (Å²) in [5, 5.41) is 1.08. The Balaban J connectivity index is 1.15. The van der Waals surface area contributed by atoms with Gasteiger partial charge in [-0.05, 0) is 73.5 Å². The van der Waals surface area contributed by atoms with Crippen LogP contribution in [0.1, 0.15) is 62.8 Å². The van der Waals surface area contributed by atoms with Crippen molar-refractivity contribution >= 4 is 16.7 Å². The zero-order valence-corrected chi connectivity index (χ0v) is 17.4. The number of pyridine rings is 1. The van der Waals surface area contributed by atoms with Gasteiger partial charge in [-0.2, -0.15) is 0 Å². The number of fused-ring (bicyclic) bond motifs is 4. The van der Waals surface area contributed by atoms with Gasteiger partial charge >= 0.3 is 0 Å². The number of nitrogens with zero attached hydrogens (tertiary/aromatic N) is 1. The molecule has 156 valence electrons. The molecule has 0 amide bonds. The summed E-state index contributed by atoms with van der Waals surface area (Å²) < 4.78 is 11.4. The molecule has 1 aromatic heterocycles. The second-order valence-corrected chi connectivity index (χ2v) is 10.7. The maximum Gasteiger partial charge on any atom is 0.163 e. The number of hydrogen-bond acceptors (Lipinski definition) is 4. The fourth-order valence-corrected chi connectivity index (χ4v) is 7.59. The number of carbonyl (C=O) groups excluding carboxylic acids is 1. The molecule has 4 aliphatic carbocycles. The quantitative estimate of drug-likeness (QED) is 0.699. The van der Waals surface area contributed by atoms with Crippen molar-refractivity contribution in [3.63, 3.8) is 0 Å². The molecule has 3 bridgehead atoms. The van der Waals surface area contributed by atoms with E-state index in [1.165, 1.54) is 50.5 Å². The topological polar surface area (TPSA) is 48.4 Å². The van der Waals surface area contributed by atoms with Crippen LogP contribution in [0.4, 0.5) is 0 Å². The van der Waals surface area contributed by atoms with Crippen LogP contribution in [0.25, 0.3) is 10.9 Å². The molecule has 4 heteroatoms. The smallest absolute Gasteiger partial charge is 0.163 e. The number of aromatic nitrogens is 1. The van der Waals surface area contributed by atoms with E-state index in [1.54, 1.807) is 0 Å². The first kappa shape index (κ1) is 17.6. The molecule has 5 aliphatic rings. The number of hydrogen-bond donors (Lipinski definition) is 0. The first-order valence-corrected chi connectivity index (χ1v) is 11.9. The first-order valence-electron chi connectivity index (χ1n) is 11.9. The van der Waals surface area contributed by atoms with E-state index < -0.39 is 0 Å². The van der Waals surface area contributed by atoms with Crippen LogP contribution in [-0.4, -0.2) is 24.0 Å². The average molecular weight is 404 g/mol. The minimum absolute atomic E-state index is 0.0205. The minimum Gasteiger partial charge on any atom is -0.486 e. The van der Waals surface area contributed by atoms with Crippen LogP contribution in [0.3, 0.4) is 0 Å². The summed E-state index contributed by atoms with van der Waals surface area (Å²) in [6.45, 7) is 1.18. The predicted molar refractivity (Wildman–Crippen MR) is 114 cm³/mol. The lowest BCUT2D eigenvalue weighted by molar-refractivity contribution is -0.132. The van der Waals surface area contributed by atoms with Crippen molar-refractivity contribution in [2.45, 2.75) is 57.3 Å². The summed E-state index contributed by atoms with van der Waals surface area (Å²) in [6, 6.07) is 6.24. The van der Waals surface area contributed by atoms with Gasteiger partial charge in [0.1, 0.15) is 19.0 Å². The van der Waals surface area contributed by atoms with E-state index in [0.29, 0.717) is 24.9 Å². The highest BCUT2D eigenvalue weighted by atomic mass is 16.6. The Bertz CT molecular complexity index is 1040. The van der Waals surface area contributed by atoms with Crippen molar-refractivity contribution in [2.24, 2.45) is 29.1 Å². The van der Waals surface area contributed by atoms with Gasteiger partial charge in [0.25, 0.3) is 0 Å². The Labute approximate surface area is 177 Å². The molecule has 2 heterocycles. The van der Waals surface area contributed by atoms with Crippen LogP contribution < -0.4 is 9.47 Å². The van der Waals surface area contributed by atoms with E-state index >= 15 is 0 Å². The molecule has 30 heavy (non-hydrogen) atoms. The first-order chi connectivity index (χ1) is 14.7. The van der Waals surface area contributed by atoms with E-state index in [-0.39, 0.29) is 11.3 Å². The van der Waals surface area contributed by atoms with Gasteiger partial charge < -0.3 is 9.47 Å². The Morgan fingerprint density at radius 2 is 1.80 bits per heavy atom. The van der Waals surface area contributed by atoms with Crippen LogP contribution in [-0.2, 0) is 4.79 Å². The highest BCUT2D eigenvalue weighted by Crippen LogP contribution is 2.64. The SMILES string of the molecule is O=C(C1CC1c1cnc2cc3c(cc2c1)OCCO3)C12CC3CCCC(C1)C(C3)C2. The van der Waals surface area contributed by atoms with Crippen LogP contribution in [0, 0.1) is 29.1 Å². The summed E-state index contributed by atoms with van der Waals surface area (Å²) in [6.07, 6.45) is 12.1. The highest BCUT2D eigenvalue weighted by molar-refractivity contribution is 5.91. The van der Waals surface area contributed by atoms with E-state index in [1.807, 2.05) is 18.3 Å². The molecule has 6 unspecified atom stereocenters. The molecule has 6 atom stereocenters. The molecule has 4 fully saturated rings. The molecular weight excluding hydrogens is 374 g/mol. The Kier molecular flexibility index (Phi) is 3.64. The molecule has 7 rings (SSSR count). The molecular formula is C26H29NO3. The molecule has 0 spiro atoms. The molecule has 4 saturated carbocycles. The molecule has 0 radical (unpaired) electrons. The largest absolute Gasteiger partial charge is 0.486 e. The Hall–Kier alpha value is -2.10. The Morgan fingerprint density at radius 1 is 0.967 bits per heavy atom. The number of Topliss-reactive ketones (excluding diaryl/α,β-unsaturated/α-hetero) is 1. The third-order valence-corrected chi connectivity index (χ3v) is 8.92. The number of ether oxygens (including phenoxy) is 2. The lowest BCUT2D eigenvalue weighted by Crippen LogP contribution is -2.36. The predicted octanol–water partition coefficient (Wildman–Crippen LogP) is 5.29. The number of ketones is 1. The van der Waals surface area contributed by atoms with Crippen molar-refractivity contribution in [1.82, 2.24) is 4.98 Å². The van der Waals surface area contributed by atoms with Gasteiger partial charge in [-0.3, -0.25) is 9.78 Å². The van der Waals surface area contributed by atoms with Gasteiger partial charge in [0.05, 0.1) is 5.52 Å². The maximum absolute atomic E-state index is 13.8. The summed E-state index contributed by atoms with van der Waals surface area (Å²) in [5.41, 5.74) is 2.18. The number of benzene rings is 1. The highest BCUT2D eigenvalue weighted by Gasteiger charge is 2.59. The van der Waals surface area contributed by atoms with Gasteiger partial charge in [0.2, 0.25) is 0 Å². The lowest BCUT2D eigenvalue weighted by Gasteiger charge is -2.37. The molecule has 0 N–H and O–H groups in total. The Morgan fingerprint density at radius 3 is 2.70 bits per heavy atom. The van der Waals surface area contributed by atoms with Crippen LogP contribution in [0.2, 0.25) is 0 Å². The second kappa shape index (κ2) is 6.21. The zero-order valence-electron chi connectivity index (χ0n) is 17.4. The van der Waals surface area contributed by atoms with Crippen molar-refractivity contribution in [1.29, 1.82) is 0 Å². The van der Waals surface area contributed by atoms with Gasteiger partial charge in [0, 0.05) is 29.0 Å².